The molecule has 236 valence electrons. The van der Waals surface area contributed by atoms with Crippen LogP contribution in [0, 0.1) is 23.7 Å². The summed E-state index contributed by atoms with van der Waals surface area (Å²) in [6, 6.07) is 10.5. The van der Waals surface area contributed by atoms with E-state index in [0.717, 1.165) is 5.56 Å². The van der Waals surface area contributed by atoms with Crippen LogP contribution in [0.4, 0.5) is 5.69 Å². The molecule has 3 aliphatic carbocycles. The summed E-state index contributed by atoms with van der Waals surface area (Å²) in [6.07, 6.45) is 0.220. The van der Waals surface area contributed by atoms with E-state index >= 15 is 0 Å². The zero-order chi connectivity index (χ0) is 33.0. The fourth-order valence-corrected chi connectivity index (χ4v) is 7.01. The lowest BCUT2D eigenvalue weighted by molar-refractivity contribution is -0.153. The molecule has 0 aromatic heterocycles. The van der Waals surface area contributed by atoms with E-state index in [0.29, 0.717) is 24.3 Å². The van der Waals surface area contributed by atoms with Crippen LogP contribution in [-0.4, -0.2) is 101 Å². The van der Waals surface area contributed by atoms with Crippen LogP contribution in [0.2, 0.25) is 0 Å². The first kappa shape index (κ1) is 31.8. The number of anilines is 1. The normalized spacial score (nSPS) is 24.2. The first-order valence-electron chi connectivity index (χ1n) is 14.6. The molecule has 2 aromatic carbocycles. The topological polar surface area (TPSA) is 168 Å². The maximum Gasteiger partial charge on any atom is 0.255 e. The van der Waals surface area contributed by atoms with E-state index in [4.69, 9.17) is 5.73 Å². The van der Waals surface area contributed by atoms with Crippen molar-refractivity contribution in [1.29, 1.82) is 0 Å². The number of nitrogens with two attached hydrogens (primary N) is 1. The molecule has 45 heavy (non-hydrogen) atoms. The number of benzene rings is 2. The third-order valence-electron chi connectivity index (χ3n) is 9.05. The molecule has 2 aromatic rings. The van der Waals surface area contributed by atoms with Gasteiger partial charge >= 0.3 is 0 Å². The van der Waals surface area contributed by atoms with Gasteiger partial charge in [0, 0.05) is 37.8 Å². The molecule has 1 saturated carbocycles. The predicted molar refractivity (Wildman–Crippen MR) is 168 cm³/mol. The van der Waals surface area contributed by atoms with E-state index in [1.807, 2.05) is 61.3 Å². The maximum atomic E-state index is 14.1. The van der Waals surface area contributed by atoms with E-state index in [9.17, 15) is 34.8 Å². The lowest BCUT2D eigenvalue weighted by atomic mass is 9.57. The summed E-state index contributed by atoms with van der Waals surface area (Å²) >= 11 is 0. The SMILES string of the molecule is CN(CC#Cc1cc(N(C)C)c2c(c1O)C(O)=C1C(=O)[C@]3(O)C(O)=C(C(N)=O)C(=O)[C@@H](N(C)C)C3CC1C2)Cc1ccccc1. The Morgan fingerprint density at radius 2 is 1.73 bits per heavy atom. The number of hydrogen-bond donors (Lipinski definition) is 5. The quantitative estimate of drug-likeness (QED) is 0.238. The van der Waals surface area contributed by atoms with Gasteiger partial charge in [-0.3, -0.25) is 24.2 Å². The van der Waals surface area contributed by atoms with Gasteiger partial charge in [0.25, 0.3) is 5.91 Å². The van der Waals surface area contributed by atoms with Gasteiger partial charge in [-0.05, 0) is 57.1 Å². The van der Waals surface area contributed by atoms with Crippen LogP contribution in [0.3, 0.4) is 0 Å². The number of carbonyl (C=O) groups excluding carboxylic acids is 3. The second-order valence-corrected chi connectivity index (χ2v) is 12.5. The van der Waals surface area contributed by atoms with Crippen molar-refractivity contribution in [1.82, 2.24) is 9.80 Å². The average molecular weight is 615 g/mol. The molecule has 0 spiro atoms. The molecule has 5 rings (SSSR count). The van der Waals surface area contributed by atoms with Gasteiger partial charge in [-0.2, -0.15) is 0 Å². The number of Topliss-reactive ketones (excluding diaryl/α,β-unsaturated/α-hetero) is 2. The smallest absolute Gasteiger partial charge is 0.255 e. The van der Waals surface area contributed by atoms with Crippen molar-refractivity contribution in [2.45, 2.75) is 31.0 Å². The van der Waals surface area contributed by atoms with Gasteiger partial charge in [0.1, 0.15) is 22.8 Å². The lowest BCUT2D eigenvalue weighted by Gasteiger charge is -2.50. The lowest BCUT2D eigenvalue weighted by Crippen LogP contribution is -2.65. The number of fused-ring (bicyclic) bond motifs is 3. The third-order valence-corrected chi connectivity index (χ3v) is 9.05. The molecule has 6 N–H and O–H groups in total. The van der Waals surface area contributed by atoms with Crippen LogP contribution in [0.25, 0.3) is 5.76 Å². The van der Waals surface area contributed by atoms with E-state index in [1.165, 1.54) is 4.90 Å². The molecule has 1 fully saturated rings. The highest BCUT2D eigenvalue weighted by molar-refractivity contribution is 6.24. The van der Waals surface area contributed by atoms with Crippen molar-refractivity contribution < 1.29 is 34.8 Å². The molecule has 3 aliphatic rings. The number of primary amides is 1. The zero-order valence-electron chi connectivity index (χ0n) is 26.0. The van der Waals surface area contributed by atoms with Crippen LogP contribution in [0.15, 0.2) is 53.3 Å². The number of amides is 1. The number of phenols is 1. The summed E-state index contributed by atoms with van der Waals surface area (Å²) in [5.41, 5.74) is 4.31. The van der Waals surface area contributed by atoms with Gasteiger partial charge in [-0.25, -0.2) is 0 Å². The second kappa shape index (κ2) is 11.7. The van der Waals surface area contributed by atoms with Gasteiger partial charge in [-0.1, -0.05) is 42.2 Å². The number of ketones is 2. The molecule has 0 radical (unpaired) electrons. The van der Waals surface area contributed by atoms with E-state index in [1.54, 1.807) is 20.2 Å². The fourth-order valence-electron chi connectivity index (χ4n) is 7.01. The van der Waals surface area contributed by atoms with Crippen molar-refractivity contribution in [2.24, 2.45) is 17.6 Å². The minimum absolute atomic E-state index is 0.0134. The van der Waals surface area contributed by atoms with E-state index in [2.05, 4.69) is 11.8 Å². The summed E-state index contributed by atoms with van der Waals surface area (Å²) in [5, 5.41) is 46.0. The third kappa shape index (κ3) is 5.15. The van der Waals surface area contributed by atoms with Crippen molar-refractivity contribution >= 4 is 28.9 Å². The number of rotatable bonds is 6. The number of aliphatic hydroxyl groups excluding tert-OH is 2. The van der Waals surface area contributed by atoms with Gasteiger partial charge in [-0.15, -0.1) is 0 Å². The maximum absolute atomic E-state index is 14.1. The van der Waals surface area contributed by atoms with Gasteiger partial charge in [0.05, 0.1) is 23.7 Å². The van der Waals surface area contributed by atoms with Crippen LogP contribution in [0.5, 0.6) is 5.75 Å². The Hall–Kier alpha value is -4.63. The van der Waals surface area contributed by atoms with Crippen LogP contribution in [0.1, 0.15) is 28.7 Å². The number of likely N-dealkylation sites (N-methyl/N-ethyl adjacent to an activating group) is 1. The summed E-state index contributed by atoms with van der Waals surface area (Å²) in [5.74, 6) is -0.804. The first-order valence-corrected chi connectivity index (χ1v) is 14.6. The molecular formula is C34H38N4O7. The Labute approximate surface area is 261 Å². The summed E-state index contributed by atoms with van der Waals surface area (Å²) in [6.45, 7) is 1.07. The molecule has 0 bridgehead atoms. The Kier molecular flexibility index (Phi) is 8.27. The monoisotopic (exact) mass is 614 g/mol. The molecular weight excluding hydrogens is 576 g/mol. The molecule has 1 amide bonds. The molecule has 4 atom stereocenters. The molecule has 11 heteroatoms. The number of aliphatic hydroxyl groups is 3. The number of phenolic OH excluding ortho intramolecular Hbond substituents is 1. The number of hydrogen-bond acceptors (Lipinski definition) is 10. The predicted octanol–water partition coefficient (Wildman–Crippen LogP) is 1.51. The van der Waals surface area contributed by atoms with Crippen LogP contribution in [-0.2, 0) is 27.3 Å². The van der Waals surface area contributed by atoms with Gasteiger partial charge in [0.15, 0.2) is 11.4 Å². The van der Waals surface area contributed by atoms with Gasteiger partial charge < -0.3 is 31.1 Å². The van der Waals surface area contributed by atoms with Crippen molar-refractivity contribution in [3.63, 3.8) is 0 Å². The highest BCUT2D eigenvalue weighted by Gasteiger charge is 2.64. The molecule has 0 aliphatic heterocycles. The Bertz CT molecular complexity index is 1720. The minimum atomic E-state index is -2.69. The Morgan fingerprint density at radius 3 is 2.33 bits per heavy atom. The van der Waals surface area contributed by atoms with E-state index in [-0.39, 0.29) is 35.3 Å². The van der Waals surface area contributed by atoms with E-state index < -0.39 is 58.0 Å². The molecule has 11 nitrogen and oxygen atoms in total. The summed E-state index contributed by atoms with van der Waals surface area (Å²) < 4.78 is 0. The van der Waals surface area contributed by atoms with Crippen LogP contribution >= 0.6 is 0 Å². The zero-order valence-corrected chi connectivity index (χ0v) is 26.0. The Morgan fingerprint density at radius 1 is 1.07 bits per heavy atom. The molecule has 2 unspecified atom stereocenters. The highest BCUT2D eigenvalue weighted by atomic mass is 16.3. The van der Waals surface area contributed by atoms with Crippen molar-refractivity contribution in [3.05, 3.63) is 75.6 Å². The second-order valence-electron chi connectivity index (χ2n) is 12.5. The van der Waals surface area contributed by atoms with Crippen molar-refractivity contribution in [2.75, 3.05) is 46.7 Å². The molecule has 0 saturated heterocycles. The standard InChI is InChI=1S/C34H38N4O7/c1-36(2)23-16-19(12-9-13-38(5)17-18-10-7-6-8-11-18)28(39)25-21(23)14-20-15-22-27(37(3)4)30(41)26(33(35)44)32(43)34(22,45)31(42)24(20)29(25)40/h6-8,10-11,16,20,22,27,39-40,43,45H,13-15,17H2,1-5H3,(H2,35,44)/t20?,22?,27-,34-/m0/s1. The number of aromatic hydroxyl groups is 1. The Balaban J connectivity index is 1.60. The minimum Gasteiger partial charge on any atom is -0.508 e. The summed E-state index contributed by atoms with van der Waals surface area (Å²) in [4.78, 5) is 44.9. The van der Waals surface area contributed by atoms with Crippen LogP contribution < -0.4 is 10.6 Å². The highest BCUT2D eigenvalue weighted by Crippen LogP contribution is 2.54. The number of carbonyl (C=O) groups is 3. The fraction of sp³-hybridized carbons (Fsp3) is 0.382. The summed E-state index contributed by atoms with van der Waals surface area (Å²) in [7, 11) is 8.69. The number of nitrogens with zero attached hydrogens (tertiary/aromatic N) is 3. The largest absolute Gasteiger partial charge is 0.508 e. The first-order chi connectivity index (χ1) is 21.2. The van der Waals surface area contributed by atoms with Crippen molar-refractivity contribution in [3.8, 4) is 17.6 Å². The van der Waals surface area contributed by atoms with Gasteiger partial charge in [0.2, 0.25) is 5.78 Å². The average Bonchev–Trinajstić information content (AvgIpc) is 2.96. The molecule has 0 heterocycles.